The summed E-state index contributed by atoms with van der Waals surface area (Å²) in [5, 5.41) is 5.84. The van der Waals surface area contributed by atoms with Crippen molar-refractivity contribution in [2.75, 3.05) is 20.8 Å². The number of guanidine groups is 1. The van der Waals surface area contributed by atoms with Gasteiger partial charge in [0.15, 0.2) is 17.5 Å². The van der Waals surface area contributed by atoms with Gasteiger partial charge in [0, 0.05) is 12.1 Å². The molecule has 1 heterocycles. The Morgan fingerprint density at radius 1 is 1.29 bits per heavy atom. The van der Waals surface area contributed by atoms with Gasteiger partial charge in [0.25, 0.3) is 5.91 Å². The molecule has 21 heavy (non-hydrogen) atoms. The molecule has 0 saturated carbocycles. The Morgan fingerprint density at radius 3 is 2.67 bits per heavy atom. The zero-order valence-corrected chi connectivity index (χ0v) is 12.8. The summed E-state index contributed by atoms with van der Waals surface area (Å²) in [7, 11) is 3.13. The molecule has 1 fully saturated rings. The Bertz CT molecular complexity index is 555. The second-order valence-corrected chi connectivity index (χ2v) is 5.23. The minimum Gasteiger partial charge on any atom is -0.493 e. The van der Waals surface area contributed by atoms with Crippen molar-refractivity contribution in [3.63, 3.8) is 0 Å². The van der Waals surface area contributed by atoms with Crippen LogP contribution >= 0.6 is 0 Å². The van der Waals surface area contributed by atoms with Gasteiger partial charge in [0.05, 0.1) is 14.2 Å². The largest absolute Gasteiger partial charge is 0.493 e. The highest BCUT2D eigenvalue weighted by atomic mass is 16.5. The van der Waals surface area contributed by atoms with Crippen molar-refractivity contribution in [1.29, 1.82) is 0 Å². The summed E-state index contributed by atoms with van der Waals surface area (Å²) in [5.41, 5.74) is 0.726. The number of hydrogen-bond acceptors (Lipinski definition) is 4. The Balaban J connectivity index is 2.27. The quantitative estimate of drug-likeness (QED) is 0.862. The number of rotatable bonds is 5. The first-order valence-corrected chi connectivity index (χ1v) is 6.89. The van der Waals surface area contributed by atoms with Crippen molar-refractivity contribution in [2.24, 2.45) is 10.9 Å². The molecule has 6 nitrogen and oxygen atoms in total. The van der Waals surface area contributed by atoms with Crippen molar-refractivity contribution in [1.82, 2.24) is 10.6 Å². The molecule has 1 amide bonds. The fourth-order valence-corrected chi connectivity index (χ4v) is 2.14. The van der Waals surface area contributed by atoms with Crippen LogP contribution in [0.1, 0.15) is 25.5 Å². The number of benzene rings is 1. The summed E-state index contributed by atoms with van der Waals surface area (Å²) in [6.07, 6.45) is 0. The van der Waals surface area contributed by atoms with E-state index in [2.05, 4.69) is 29.5 Å². The number of hydrogen-bond donors (Lipinski definition) is 2. The molecule has 0 bridgehead atoms. The van der Waals surface area contributed by atoms with Crippen LogP contribution in [0.5, 0.6) is 11.5 Å². The first kappa shape index (κ1) is 15.2. The second kappa shape index (κ2) is 6.47. The van der Waals surface area contributed by atoms with Gasteiger partial charge in [-0.3, -0.25) is 15.1 Å². The molecule has 114 valence electrons. The summed E-state index contributed by atoms with van der Waals surface area (Å²) in [4.78, 5) is 16.5. The van der Waals surface area contributed by atoms with Gasteiger partial charge >= 0.3 is 0 Å². The predicted molar refractivity (Wildman–Crippen MR) is 80.7 cm³/mol. The summed E-state index contributed by atoms with van der Waals surface area (Å²) in [6, 6.07) is 4.93. The molecular weight excluding hydrogens is 270 g/mol. The van der Waals surface area contributed by atoms with Crippen LogP contribution in [-0.2, 0) is 4.79 Å². The molecule has 1 aromatic carbocycles. The summed E-state index contributed by atoms with van der Waals surface area (Å²) < 4.78 is 10.6. The van der Waals surface area contributed by atoms with Gasteiger partial charge in [0.1, 0.15) is 6.04 Å². The van der Waals surface area contributed by atoms with Crippen molar-refractivity contribution >= 4 is 11.9 Å². The van der Waals surface area contributed by atoms with Crippen LogP contribution in [0.2, 0.25) is 0 Å². The lowest BCUT2D eigenvalue weighted by molar-refractivity contribution is -0.120. The van der Waals surface area contributed by atoms with E-state index in [1.54, 1.807) is 20.3 Å². The fourth-order valence-electron chi connectivity index (χ4n) is 2.14. The maximum Gasteiger partial charge on any atom is 0.254 e. The summed E-state index contributed by atoms with van der Waals surface area (Å²) >= 11 is 0. The molecule has 1 aliphatic rings. The van der Waals surface area contributed by atoms with E-state index in [0.29, 0.717) is 29.9 Å². The zero-order chi connectivity index (χ0) is 15.4. The van der Waals surface area contributed by atoms with Crippen LogP contribution < -0.4 is 20.1 Å². The number of nitrogens with one attached hydrogen (secondary N) is 2. The molecule has 1 aliphatic heterocycles. The summed E-state index contributed by atoms with van der Waals surface area (Å²) in [5.74, 6) is 1.93. The molecule has 1 saturated heterocycles. The highest BCUT2D eigenvalue weighted by Crippen LogP contribution is 2.35. The Morgan fingerprint density at radius 2 is 2.05 bits per heavy atom. The standard InChI is InChI=1S/C15H21N3O3/c1-9(2)8-16-15-17-12(14(19)18-15)10-6-5-7-11(20-3)13(10)21-4/h5-7,9,12H,8H2,1-4H3,(H2,16,17,18,19). The van der Waals surface area contributed by atoms with Crippen molar-refractivity contribution < 1.29 is 14.3 Å². The molecule has 6 heteroatoms. The normalized spacial score (nSPS) is 19.6. The number of nitrogens with zero attached hydrogens (tertiary/aromatic N) is 1. The van der Waals surface area contributed by atoms with Gasteiger partial charge in [-0.2, -0.15) is 0 Å². The van der Waals surface area contributed by atoms with Crippen LogP contribution in [0.15, 0.2) is 23.2 Å². The van der Waals surface area contributed by atoms with E-state index in [4.69, 9.17) is 9.47 Å². The third-order valence-corrected chi connectivity index (χ3v) is 3.14. The molecule has 2 rings (SSSR count). The molecule has 1 atom stereocenters. The average Bonchev–Trinajstić information content (AvgIpc) is 2.85. The maximum atomic E-state index is 12.1. The molecule has 0 spiro atoms. The highest BCUT2D eigenvalue weighted by molar-refractivity contribution is 6.07. The Hall–Kier alpha value is -2.24. The van der Waals surface area contributed by atoms with Crippen LogP contribution in [0.25, 0.3) is 0 Å². The molecule has 1 unspecified atom stereocenters. The number of methoxy groups -OCH3 is 2. The molecule has 0 aromatic heterocycles. The first-order valence-electron chi connectivity index (χ1n) is 6.89. The Labute approximate surface area is 124 Å². The van der Waals surface area contributed by atoms with E-state index in [1.807, 2.05) is 12.1 Å². The minimum atomic E-state index is -0.527. The van der Waals surface area contributed by atoms with Gasteiger partial charge in [0.2, 0.25) is 0 Å². The highest BCUT2D eigenvalue weighted by Gasteiger charge is 2.32. The molecule has 0 aliphatic carbocycles. The van der Waals surface area contributed by atoms with Crippen LogP contribution in [0.4, 0.5) is 0 Å². The first-order chi connectivity index (χ1) is 10.1. The molecule has 0 radical (unpaired) electrons. The van der Waals surface area contributed by atoms with E-state index in [-0.39, 0.29) is 5.91 Å². The van der Waals surface area contributed by atoms with E-state index in [1.165, 1.54) is 0 Å². The van der Waals surface area contributed by atoms with Gasteiger partial charge in [-0.05, 0) is 12.0 Å². The number of amides is 1. The molecule has 2 N–H and O–H groups in total. The van der Waals surface area contributed by atoms with Gasteiger partial charge in [-0.1, -0.05) is 26.0 Å². The minimum absolute atomic E-state index is 0.149. The monoisotopic (exact) mass is 291 g/mol. The number of carbonyl (C=O) groups excluding carboxylic acids is 1. The van der Waals surface area contributed by atoms with E-state index < -0.39 is 6.04 Å². The topological polar surface area (TPSA) is 72.0 Å². The number of carbonyl (C=O) groups is 1. The third kappa shape index (κ3) is 3.26. The summed E-state index contributed by atoms with van der Waals surface area (Å²) in [6.45, 7) is 4.80. The maximum absolute atomic E-state index is 12.1. The lowest BCUT2D eigenvalue weighted by atomic mass is 10.1. The van der Waals surface area contributed by atoms with Crippen molar-refractivity contribution in [3.8, 4) is 11.5 Å². The Kier molecular flexibility index (Phi) is 4.67. The van der Waals surface area contributed by atoms with Crippen molar-refractivity contribution in [2.45, 2.75) is 19.9 Å². The third-order valence-electron chi connectivity index (χ3n) is 3.14. The fraction of sp³-hybridized carbons (Fsp3) is 0.467. The van der Waals surface area contributed by atoms with Crippen molar-refractivity contribution in [3.05, 3.63) is 23.8 Å². The smallest absolute Gasteiger partial charge is 0.254 e. The lowest BCUT2D eigenvalue weighted by Gasteiger charge is -2.15. The second-order valence-electron chi connectivity index (χ2n) is 5.23. The van der Waals surface area contributed by atoms with E-state index in [9.17, 15) is 4.79 Å². The van der Waals surface area contributed by atoms with Crippen LogP contribution in [0, 0.1) is 5.92 Å². The number of ether oxygens (including phenoxy) is 2. The van der Waals surface area contributed by atoms with E-state index >= 15 is 0 Å². The SMILES string of the molecule is COc1cccc(C2NC(=NCC(C)C)NC2=O)c1OC. The number of aliphatic imine (C=N–C) groups is 1. The van der Waals surface area contributed by atoms with Gasteiger partial charge in [-0.25, -0.2) is 0 Å². The predicted octanol–water partition coefficient (Wildman–Crippen LogP) is 1.48. The van der Waals surface area contributed by atoms with Crippen LogP contribution in [-0.4, -0.2) is 32.6 Å². The molecule has 1 aromatic rings. The lowest BCUT2D eigenvalue weighted by Crippen LogP contribution is -2.26. The molecular formula is C15H21N3O3. The zero-order valence-electron chi connectivity index (χ0n) is 12.8. The van der Waals surface area contributed by atoms with E-state index in [0.717, 1.165) is 5.56 Å². The number of para-hydroxylation sites is 1. The van der Waals surface area contributed by atoms with Gasteiger partial charge in [-0.15, -0.1) is 0 Å². The van der Waals surface area contributed by atoms with Crippen LogP contribution in [0.3, 0.4) is 0 Å². The van der Waals surface area contributed by atoms with Gasteiger partial charge < -0.3 is 14.8 Å². The average molecular weight is 291 g/mol.